The molecule has 0 aliphatic rings. The first-order valence-corrected chi connectivity index (χ1v) is 13.6. The first-order chi connectivity index (χ1) is 13.8. The van der Waals surface area contributed by atoms with Gasteiger partial charge in [-0.25, -0.2) is 0 Å². The van der Waals surface area contributed by atoms with E-state index in [-0.39, 0.29) is 0 Å². The van der Waals surface area contributed by atoms with Crippen LogP contribution >= 0.6 is 8.03 Å². The maximum absolute atomic E-state index is 11.9. The Morgan fingerprint density at radius 3 is 1.52 bits per heavy atom. The highest BCUT2D eigenvalue weighted by molar-refractivity contribution is 7.38. The second-order valence-electron chi connectivity index (χ2n) is 9.65. The van der Waals surface area contributed by atoms with Crippen molar-refractivity contribution in [1.82, 2.24) is 0 Å². The van der Waals surface area contributed by atoms with Crippen molar-refractivity contribution in [2.75, 3.05) is 21.1 Å². The van der Waals surface area contributed by atoms with E-state index in [1.54, 1.807) is 0 Å². The van der Waals surface area contributed by atoms with Crippen LogP contribution in [0.5, 0.6) is 0 Å². The minimum absolute atomic E-state index is 0.512. The molecule has 0 aromatic carbocycles. The first kappa shape index (κ1) is 28.8. The van der Waals surface area contributed by atoms with Crippen LogP contribution in [0.1, 0.15) is 123 Å². The molecule has 172 valence electrons. The summed E-state index contributed by atoms with van der Waals surface area (Å²) in [5.74, 6) is 0. The predicted molar refractivity (Wildman–Crippen MR) is 127 cm³/mol. The maximum atomic E-state index is 11.9. The lowest BCUT2D eigenvalue weighted by molar-refractivity contribution is -0.910. The van der Waals surface area contributed by atoms with E-state index in [0.717, 1.165) is 19.3 Å². The van der Waals surface area contributed by atoms with Crippen LogP contribution in [0.3, 0.4) is 0 Å². The third kappa shape index (κ3) is 12.9. The standard InChI is InChI=1S/C25H51NO2P/c1-6-8-9-10-11-12-13-14-15-16-17-18-19-20-21-22-23-24-25(7-2,29(27)28)26(3,4)5/h9-10H,6-8,11-24H2,1-5H3/q+1. The van der Waals surface area contributed by atoms with Crippen LogP contribution in [0.2, 0.25) is 0 Å². The minimum atomic E-state index is -2.41. The summed E-state index contributed by atoms with van der Waals surface area (Å²) in [7, 11) is 3.63. The van der Waals surface area contributed by atoms with E-state index in [2.05, 4.69) is 19.1 Å². The molecule has 0 rings (SSSR count). The summed E-state index contributed by atoms with van der Waals surface area (Å²) in [6.07, 6.45) is 25.7. The maximum Gasteiger partial charge on any atom is 0.376 e. The number of unbranched alkanes of at least 4 members (excludes halogenated alkanes) is 13. The van der Waals surface area contributed by atoms with E-state index in [1.165, 1.54) is 83.5 Å². The summed E-state index contributed by atoms with van der Waals surface area (Å²) in [5.41, 5.74) is 0. The van der Waals surface area contributed by atoms with Crippen molar-refractivity contribution < 1.29 is 13.9 Å². The average molecular weight is 429 g/mol. The van der Waals surface area contributed by atoms with Crippen molar-refractivity contribution >= 4 is 8.03 Å². The summed E-state index contributed by atoms with van der Waals surface area (Å²) in [6, 6.07) is 0. The molecule has 0 amide bonds. The van der Waals surface area contributed by atoms with E-state index >= 15 is 0 Å². The second kappa shape index (κ2) is 17.4. The Hall–Kier alpha value is -0.240. The molecule has 0 aromatic heterocycles. The molecule has 0 aromatic rings. The summed E-state index contributed by atoms with van der Waals surface area (Å²) < 4.78 is 12.4. The van der Waals surface area contributed by atoms with Gasteiger partial charge in [0.1, 0.15) is 0 Å². The zero-order valence-corrected chi connectivity index (χ0v) is 21.3. The molecule has 3 nitrogen and oxygen atoms in total. The topological polar surface area (TPSA) is 40.1 Å². The van der Waals surface area contributed by atoms with Crippen molar-refractivity contribution in [3.63, 3.8) is 0 Å². The monoisotopic (exact) mass is 428 g/mol. The molecular formula is C25H51NO2P+. The van der Waals surface area contributed by atoms with Crippen LogP contribution in [0, 0.1) is 0 Å². The molecular weight excluding hydrogens is 377 g/mol. The Morgan fingerprint density at radius 2 is 1.14 bits per heavy atom. The van der Waals surface area contributed by atoms with Gasteiger partial charge in [-0.2, -0.15) is 0 Å². The number of hydrogen-bond acceptors (Lipinski definition) is 2. The van der Waals surface area contributed by atoms with Gasteiger partial charge in [-0.15, -0.1) is 0 Å². The Bertz CT molecular complexity index is 431. The molecule has 4 heteroatoms. The van der Waals surface area contributed by atoms with E-state index in [9.17, 15) is 9.46 Å². The normalized spacial score (nSPS) is 15.0. The molecule has 2 atom stereocenters. The van der Waals surface area contributed by atoms with Crippen LogP contribution < -0.4 is 4.89 Å². The van der Waals surface area contributed by atoms with E-state index in [4.69, 9.17) is 0 Å². The van der Waals surface area contributed by atoms with E-state index in [0.29, 0.717) is 10.9 Å². The highest BCUT2D eigenvalue weighted by Crippen LogP contribution is 2.44. The van der Waals surface area contributed by atoms with Crippen molar-refractivity contribution in [1.29, 1.82) is 0 Å². The molecule has 0 heterocycles. The number of allylic oxidation sites excluding steroid dienone is 2. The molecule has 0 saturated heterocycles. The van der Waals surface area contributed by atoms with Crippen molar-refractivity contribution in [3.05, 3.63) is 12.2 Å². The fraction of sp³-hybridized carbons (Fsp3) is 0.920. The van der Waals surface area contributed by atoms with Crippen LogP contribution in [0.15, 0.2) is 12.2 Å². The summed E-state index contributed by atoms with van der Waals surface area (Å²) in [6.45, 7) is 4.24. The van der Waals surface area contributed by atoms with Gasteiger partial charge < -0.3 is 4.89 Å². The van der Waals surface area contributed by atoms with Gasteiger partial charge in [-0.1, -0.05) is 101 Å². The predicted octanol–water partition coefficient (Wildman–Crippen LogP) is 7.72. The highest BCUT2D eigenvalue weighted by atomic mass is 31.1. The highest BCUT2D eigenvalue weighted by Gasteiger charge is 2.52. The average Bonchev–Trinajstić information content (AvgIpc) is 2.66. The van der Waals surface area contributed by atoms with E-state index < -0.39 is 13.3 Å². The van der Waals surface area contributed by atoms with Crippen LogP contribution in [-0.4, -0.2) is 30.9 Å². The van der Waals surface area contributed by atoms with Crippen molar-refractivity contribution in [2.24, 2.45) is 0 Å². The fourth-order valence-electron chi connectivity index (χ4n) is 4.29. The molecule has 2 unspecified atom stereocenters. The first-order valence-electron chi connectivity index (χ1n) is 12.4. The Morgan fingerprint density at radius 1 is 0.724 bits per heavy atom. The third-order valence-corrected chi connectivity index (χ3v) is 8.29. The molecule has 0 aliphatic heterocycles. The van der Waals surface area contributed by atoms with Crippen LogP contribution in [-0.2, 0) is 4.57 Å². The van der Waals surface area contributed by atoms with Gasteiger partial charge in [0.15, 0.2) is 0 Å². The quantitative estimate of drug-likeness (QED) is 0.0861. The summed E-state index contributed by atoms with van der Waals surface area (Å²) in [4.78, 5) is 11.9. The van der Waals surface area contributed by atoms with Gasteiger partial charge in [0.2, 0.25) is 0 Å². The summed E-state index contributed by atoms with van der Waals surface area (Å²) >= 11 is 0. The summed E-state index contributed by atoms with van der Waals surface area (Å²) in [5, 5.41) is -0.596. The molecule has 0 fully saturated rings. The van der Waals surface area contributed by atoms with Gasteiger partial charge in [0.25, 0.3) is 5.28 Å². The zero-order chi connectivity index (χ0) is 22.0. The number of quaternary nitrogens is 1. The van der Waals surface area contributed by atoms with Gasteiger partial charge >= 0.3 is 8.03 Å². The lowest BCUT2D eigenvalue weighted by Gasteiger charge is -2.39. The molecule has 0 bridgehead atoms. The number of hydrogen-bond donors (Lipinski definition) is 0. The largest absolute Gasteiger partial charge is 0.590 e. The Kier molecular flexibility index (Phi) is 17.3. The van der Waals surface area contributed by atoms with Gasteiger partial charge in [-0.05, 0) is 25.7 Å². The van der Waals surface area contributed by atoms with Crippen LogP contribution in [0.25, 0.3) is 0 Å². The number of nitrogens with zero attached hydrogens (tertiary/aromatic N) is 1. The molecule has 29 heavy (non-hydrogen) atoms. The number of rotatable bonds is 20. The second-order valence-corrected chi connectivity index (χ2v) is 11.0. The fourth-order valence-corrected chi connectivity index (χ4v) is 5.38. The Balaban J connectivity index is 3.57. The third-order valence-electron chi connectivity index (χ3n) is 6.47. The minimum Gasteiger partial charge on any atom is -0.590 e. The van der Waals surface area contributed by atoms with Gasteiger partial charge in [-0.3, -0.25) is 4.48 Å². The van der Waals surface area contributed by atoms with Crippen molar-refractivity contribution in [3.8, 4) is 0 Å². The Labute approximate surface area is 183 Å². The zero-order valence-electron chi connectivity index (χ0n) is 20.4. The molecule has 0 spiro atoms. The SMILES string of the molecule is CCCC=CCCCCCCCCCCCCCCC(CC)([P+](=O)[O-])[N+](C)(C)C. The van der Waals surface area contributed by atoms with Crippen LogP contribution in [0.4, 0.5) is 0 Å². The molecule has 0 aliphatic carbocycles. The van der Waals surface area contributed by atoms with Gasteiger partial charge in [0, 0.05) is 12.8 Å². The molecule has 0 saturated carbocycles. The van der Waals surface area contributed by atoms with Crippen molar-refractivity contribution in [2.45, 2.75) is 128 Å². The molecule has 0 N–H and O–H groups in total. The van der Waals surface area contributed by atoms with E-state index in [1.807, 2.05) is 28.1 Å². The lowest BCUT2D eigenvalue weighted by Crippen LogP contribution is -2.55. The van der Waals surface area contributed by atoms with Gasteiger partial charge in [0.05, 0.1) is 21.1 Å². The smallest absolute Gasteiger partial charge is 0.376 e. The lowest BCUT2D eigenvalue weighted by atomic mass is 10.0. The molecule has 0 radical (unpaired) electrons.